The van der Waals surface area contributed by atoms with Crippen LogP contribution in [-0.2, 0) is 4.79 Å². The number of nitrogens with one attached hydrogen (secondary N) is 1. The highest BCUT2D eigenvalue weighted by atomic mass is 16.5. The zero-order valence-electron chi connectivity index (χ0n) is 14.2. The Kier molecular flexibility index (Phi) is 6.49. The summed E-state index contributed by atoms with van der Waals surface area (Å²) in [5.41, 5.74) is 1.03. The summed E-state index contributed by atoms with van der Waals surface area (Å²) in [6, 6.07) is 14.9. The average Bonchev–Trinajstić information content (AvgIpc) is 2.64. The predicted octanol–water partition coefficient (Wildman–Crippen LogP) is 3.35. The number of carbonyl (C=O) groups is 1. The number of para-hydroxylation sites is 2. The fourth-order valence-electron chi connectivity index (χ4n) is 2.37. The fourth-order valence-corrected chi connectivity index (χ4v) is 2.37. The van der Waals surface area contributed by atoms with Gasteiger partial charge in [-0.1, -0.05) is 31.2 Å². The van der Waals surface area contributed by atoms with Crippen molar-refractivity contribution in [3.05, 3.63) is 54.1 Å². The maximum atomic E-state index is 12.2. The predicted molar refractivity (Wildman–Crippen MR) is 92.7 cm³/mol. The van der Waals surface area contributed by atoms with Gasteiger partial charge in [-0.25, -0.2) is 0 Å². The van der Waals surface area contributed by atoms with Crippen LogP contribution in [0.1, 0.15) is 24.9 Å². The summed E-state index contributed by atoms with van der Waals surface area (Å²) in [5.74, 6) is 1.77. The van der Waals surface area contributed by atoms with Gasteiger partial charge in [0.25, 0.3) is 5.91 Å². The van der Waals surface area contributed by atoms with Crippen LogP contribution in [0.15, 0.2) is 48.5 Å². The van der Waals surface area contributed by atoms with Crippen LogP contribution in [0.2, 0.25) is 0 Å². The first-order valence-electron chi connectivity index (χ1n) is 7.87. The lowest BCUT2D eigenvalue weighted by Crippen LogP contribution is -2.32. The van der Waals surface area contributed by atoms with E-state index in [9.17, 15) is 4.79 Å². The number of hydrogen-bond donors (Lipinski definition) is 1. The molecule has 5 heteroatoms. The molecule has 1 amide bonds. The first-order chi connectivity index (χ1) is 11.7. The van der Waals surface area contributed by atoms with Crippen LogP contribution in [0, 0.1) is 0 Å². The molecule has 0 aliphatic heterocycles. The molecule has 2 aromatic carbocycles. The highest BCUT2D eigenvalue weighted by Gasteiger charge is 2.14. The molecule has 128 valence electrons. The molecule has 0 fully saturated rings. The molecule has 0 radical (unpaired) electrons. The van der Waals surface area contributed by atoms with E-state index in [1.54, 1.807) is 26.4 Å². The largest absolute Gasteiger partial charge is 0.497 e. The maximum absolute atomic E-state index is 12.2. The number of methoxy groups -OCH3 is 2. The highest BCUT2D eigenvalue weighted by Crippen LogP contribution is 2.25. The Bertz CT molecular complexity index is 655. The molecule has 0 bridgehead atoms. The number of amides is 1. The molecule has 2 aromatic rings. The summed E-state index contributed by atoms with van der Waals surface area (Å²) in [6.07, 6.45) is 0.784. The van der Waals surface area contributed by atoms with Gasteiger partial charge in [-0.3, -0.25) is 4.79 Å². The van der Waals surface area contributed by atoms with Crippen molar-refractivity contribution in [1.82, 2.24) is 5.32 Å². The van der Waals surface area contributed by atoms with E-state index in [1.165, 1.54) is 0 Å². The van der Waals surface area contributed by atoms with Crippen molar-refractivity contribution in [3.63, 3.8) is 0 Å². The number of benzene rings is 2. The van der Waals surface area contributed by atoms with Crippen LogP contribution >= 0.6 is 0 Å². The Hall–Kier alpha value is -2.69. The third-order valence-corrected chi connectivity index (χ3v) is 3.69. The second-order valence-electron chi connectivity index (χ2n) is 5.24. The van der Waals surface area contributed by atoms with E-state index in [0.29, 0.717) is 11.5 Å². The van der Waals surface area contributed by atoms with Crippen LogP contribution < -0.4 is 19.5 Å². The van der Waals surface area contributed by atoms with E-state index in [0.717, 1.165) is 17.7 Å². The van der Waals surface area contributed by atoms with Crippen LogP contribution in [0.5, 0.6) is 17.2 Å². The molecular formula is C19H23NO4. The summed E-state index contributed by atoms with van der Waals surface area (Å²) >= 11 is 0. The first-order valence-corrected chi connectivity index (χ1v) is 7.87. The van der Waals surface area contributed by atoms with Crippen LogP contribution in [0.3, 0.4) is 0 Å². The summed E-state index contributed by atoms with van der Waals surface area (Å²) < 4.78 is 15.9. The number of rotatable bonds is 8. The number of carbonyl (C=O) groups excluding carboxylic acids is 1. The van der Waals surface area contributed by atoms with Gasteiger partial charge in [-0.15, -0.1) is 0 Å². The van der Waals surface area contributed by atoms with Crippen molar-refractivity contribution in [2.45, 2.75) is 19.4 Å². The molecule has 0 saturated heterocycles. The van der Waals surface area contributed by atoms with Crippen molar-refractivity contribution < 1.29 is 19.0 Å². The standard InChI is InChI=1S/C19H23NO4/c1-4-16(14-9-11-15(22-2)12-10-14)20-19(21)13-24-18-8-6-5-7-17(18)23-3/h5-12,16H,4,13H2,1-3H3,(H,20,21)/t16-/m1/s1. The topological polar surface area (TPSA) is 56.8 Å². The summed E-state index contributed by atoms with van der Waals surface area (Å²) in [7, 11) is 3.20. The first kappa shape index (κ1) is 17.7. The van der Waals surface area contributed by atoms with E-state index >= 15 is 0 Å². The van der Waals surface area contributed by atoms with E-state index in [4.69, 9.17) is 14.2 Å². The third kappa shape index (κ3) is 4.65. The van der Waals surface area contributed by atoms with Gasteiger partial charge in [0.05, 0.1) is 20.3 Å². The van der Waals surface area contributed by atoms with Crippen molar-refractivity contribution in [2.75, 3.05) is 20.8 Å². The van der Waals surface area contributed by atoms with Gasteiger partial charge in [0.2, 0.25) is 0 Å². The normalized spacial score (nSPS) is 11.5. The molecular weight excluding hydrogens is 306 g/mol. The fraction of sp³-hybridized carbons (Fsp3) is 0.316. The molecule has 0 heterocycles. The van der Waals surface area contributed by atoms with Gasteiger partial charge >= 0.3 is 0 Å². The Morgan fingerprint density at radius 2 is 1.67 bits per heavy atom. The minimum Gasteiger partial charge on any atom is -0.497 e. The van der Waals surface area contributed by atoms with Crippen LogP contribution in [0.25, 0.3) is 0 Å². The Morgan fingerprint density at radius 1 is 1.00 bits per heavy atom. The Balaban J connectivity index is 1.94. The molecule has 0 aliphatic rings. The molecule has 24 heavy (non-hydrogen) atoms. The van der Waals surface area contributed by atoms with Crippen LogP contribution in [0.4, 0.5) is 0 Å². The molecule has 2 rings (SSSR count). The van der Waals surface area contributed by atoms with Gasteiger partial charge in [0.1, 0.15) is 5.75 Å². The highest BCUT2D eigenvalue weighted by molar-refractivity contribution is 5.78. The van der Waals surface area contributed by atoms with Crippen LogP contribution in [-0.4, -0.2) is 26.7 Å². The van der Waals surface area contributed by atoms with Crippen molar-refractivity contribution >= 4 is 5.91 Å². The van der Waals surface area contributed by atoms with Gasteiger partial charge in [0, 0.05) is 0 Å². The molecule has 0 aromatic heterocycles. The van der Waals surface area contributed by atoms with E-state index in [-0.39, 0.29) is 18.6 Å². The third-order valence-electron chi connectivity index (χ3n) is 3.69. The van der Waals surface area contributed by atoms with Crippen molar-refractivity contribution in [2.24, 2.45) is 0 Å². The molecule has 0 saturated carbocycles. The smallest absolute Gasteiger partial charge is 0.258 e. The lowest BCUT2D eigenvalue weighted by Gasteiger charge is -2.18. The second-order valence-corrected chi connectivity index (χ2v) is 5.24. The minimum absolute atomic E-state index is 0.0625. The molecule has 0 unspecified atom stereocenters. The van der Waals surface area contributed by atoms with Crippen molar-refractivity contribution in [1.29, 1.82) is 0 Å². The SMILES string of the molecule is CC[C@@H](NC(=O)COc1ccccc1OC)c1ccc(OC)cc1. The molecule has 5 nitrogen and oxygen atoms in total. The Morgan fingerprint density at radius 3 is 2.25 bits per heavy atom. The summed E-state index contributed by atoms with van der Waals surface area (Å²) in [6.45, 7) is 1.96. The molecule has 1 N–H and O–H groups in total. The molecule has 0 aliphatic carbocycles. The molecule has 0 spiro atoms. The molecule has 1 atom stereocenters. The van der Waals surface area contributed by atoms with Gasteiger partial charge in [-0.05, 0) is 36.2 Å². The van der Waals surface area contributed by atoms with Gasteiger partial charge in [0.15, 0.2) is 18.1 Å². The van der Waals surface area contributed by atoms with Gasteiger partial charge in [-0.2, -0.15) is 0 Å². The lowest BCUT2D eigenvalue weighted by atomic mass is 10.0. The second kappa shape index (κ2) is 8.82. The zero-order valence-corrected chi connectivity index (χ0v) is 14.2. The lowest BCUT2D eigenvalue weighted by molar-refractivity contribution is -0.123. The monoisotopic (exact) mass is 329 g/mol. The quantitative estimate of drug-likeness (QED) is 0.807. The average molecular weight is 329 g/mol. The maximum Gasteiger partial charge on any atom is 0.258 e. The zero-order chi connectivity index (χ0) is 17.4. The summed E-state index contributed by atoms with van der Waals surface area (Å²) in [4.78, 5) is 12.2. The minimum atomic E-state index is -0.177. The Labute approximate surface area is 142 Å². The van der Waals surface area contributed by atoms with E-state index in [1.807, 2.05) is 43.3 Å². The van der Waals surface area contributed by atoms with Gasteiger partial charge < -0.3 is 19.5 Å². The number of hydrogen-bond acceptors (Lipinski definition) is 4. The van der Waals surface area contributed by atoms with E-state index < -0.39 is 0 Å². The number of ether oxygens (including phenoxy) is 3. The van der Waals surface area contributed by atoms with E-state index in [2.05, 4.69) is 5.32 Å². The summed E-state index contributed by atoms with van der Waals surface area (Å²) in [5, 5.41) is 2.98. The van der Waals surface area contributed by atoms with Crippen molar-refractivity contribution in [3.8, 4) is 17.2 Å².